The van der Waals surface area contributed by atoms with Crippen LogP contribution in [0.25, 0.3) is 10.2 Å². The smallest absolute Gasteiger partial charge is 0.0954 e. The van der Waals surface area contributed by atoms with Crippen LogP contribution in [0.15, 0.2) is 24.3 Å². The van der Waals surface area contributed by atoms with Crippen molar-refractivity contribution in [2.45, 2.75) is 37.2 Å². The number of nitrogens with zero attached hydrogens (tertiary/aromatic N) is 1. The van der Waals surface area contributed by atoms with Gasteiger partial charge in [-0.2, -0.15) is 0 Å². The van der Waals surface area contributed by atoms with Crippen molar-refractivity contribution in [1.82, 2.24) is 4.98 Å². The Labute approximate surface area is 116 Å². The van der Waals surface area contributed by atoms with Gasteiger partial charge >= 0.3 is 0 Å². The maximum atomic E-state index is 6.46. The molecule has 18 heavy (non-hydrogen) atoms. The molecule has 2 aromatic rings. The first-order valence-electron chi connectivity index (χ1n) is 6.43. The van der Waals surface area contributed by atoms with E-state index in [1.165, 1.54) is 17.5 Å². The molecular weight excluding hydrogens is 266 g/mol. The van der Waals surface area contributed by atoms with Gasteiger partial charge in [-0.1, -0.05) is 12.1 Å². The first kappa shape index (κ1) is 12.4. The molecule has 1 aromatic heterocycles. The van der Waals surface area contributed by atoms with Gasteiger partial charge < -0.3 is 4.74 Å². The molecule has 0 aliphatic carbocycles. The number of ether oxygens (including phenoxy) is 1. The maximum absolute atomic E-state index is 6.46. The van der Waals surface area contributed by atoms with Gasteiger partial charge in [0.2, 0.25) is 0 Å². The Kier molecular flexibility index (Phi) is 3.83. The van der Waals surface area contributed by atoms with Crippen molar-refractivity contribution >= 4 is 33.2 Å². The lowest BCUT2D eigenvalue weighted by Gasteiger charge is -2.26. The van der Waals surface area contributed by atoms with E-state index in [1.54, 1.807) is 11.3 Å². The monoisotopic (exact) mass is 281 g/mol. The van der Waals surface area contributed by atoms with E-state index in [-0.39, 0.29) is 11.5 Å². The van der Waals surface area contributed by atoms with Crippen LogP contribution in [0.1, 0.15) is 24.3 Å². The molecule has 0 saturated carbocycles. The van der Waals surface area contributed by atoms with Crippen LogP contribution in [0, 0.1) is 0 Å². The average Bonchev–Trinajstić information content (AvgIpc) is 2.82. The minimum atomic E-state index is 0.0471. The van der Waals surface area contributed by atoms with Gasteiger partial charge in [-0.25, -0.2) is 4.98 Å². The number of thiazole rings is 1. The second-order valence-electron chi connectivity index (χ2n) is 4.70. The Morgan fingerprint density at radius 2 is 2.28 bits per heavy atom. The second kappa shape index (κ2) is 5.55. The summed E-state index contributed by atoms with van der Waals surface area (Å²) in [6.45, 7) is 0.855. The zero-order chi connectivity index (χ0) is 12.4. The Hall–Kier alpha value is -0.640. The minimum absolute atomic E-state index is 0.0471. The summed E-state index contributed by atoms with van der Waals surface area (Å²) in [4.78, 5) is 4.63. The fourth-order valence-corrected chi connectivity index (χ4v) is 3.82. The van der Waals surface area contributed by atoms with E-state index in [2.05, 4.69) is 17.1 Å². The Morgan fingerprint density at radius 3 is 3.06 bits per heavy atom. The van der Waals surface area contributed by atoms with Crippen LogP contribution < -0.4 is 0 Å². The Balaban J connectivity index is 1.71. The van der Waals surface area contributed by atoms with Crippen molar-refractivity contribution in [3.8, 4) is 0 Å². The van der Waals surface area contributed by atoms with Gasteiger partial charge in [-0.15, -0.1) is 22.9 Å². The van der Waals surface area contributed by atoms with Crippen LogP contribution in [0.5, 0.6) is 0 Å². The first-order valence-corrected chi connectivity index (χ1v) is 7.68. The third-order valence-electron chi connectivity index (χ3n) is 3.33. The summed E-state index contributed by atoms with van der Waals surface area (Å²) in [6, 6.07) is 8.23. The number of halogens is 1. The third kappa shape index (κ3) is 2.68. The molecule has 0 radical (unpaired) electrons. The number of benzene rings is 1. The minimum Gasteiger partial charge on any atom is -0.377 e. The number of hydrogen-bond donors (Lipinski definition) is 0. The average molecular weight is 282 g/mol. The van der Waals surface area contributed by atoms with Crippen molar-refractivity contribution in [3.63, 3.8) is 0 Å². The predicted molar refractivity (Wildman–Crippen MR) is 76.6 cm³/mol. The summed E-state index contributed by atoms with van der Waals surface area (Å²) >= 11 is 8.20. The van der Waals surface area contributed by atoms with Crippen LogP contribution in [-0.4, -0.2) is 23.1 Å². The fourth-order valence-electron chi connectivity index (χ4n) is 2.36. The molecule has 1 saturated heterocycles. The van der Waals surface area contributed by atoms with Crippen molar-refractivity contribution in [2.75, 3.05) is 6.61 Å². The molecule has 1 aromatic carbocycles. The summed E-state index contributed by atoms with van der Waals surface area (Å²) in [6.07, 6.45) is 4.49. The molecule has 2 atom stereocenters. The molecule has 1 aliphatic heterocycles. The molecule has 2 nitrogen and oxygen atoms in total. The molecule has 0 N–H and O–H groups in total. The summed E-state index contributed by atoms with van der Waals surface area (Å²) in [7, 11) is 0. The van der Waals surface area contributed by atoms with E-state index >= 15 is 0 Å². The Morgan fingerprint density at radius 1 is 1.39 bits per heavy atom. The lowest BCUT2D eigenvalue weighted by Crippen LogP contribution is -2.29. The zero-order valence-electron chi connectivity index (χ0n) is 10.1. The van der Waals surface area contributed by atoms with Crippen LogP contribution in [-0.2, 0) is 11.2 Å². The van der Waals surface area contributed by atoms with Crippen molar-refractivity contribution in [3.05, 3.63) is 29.3 Å². The van der Waals surface area contributed by atoms with Crippen molar-refractivity contribution in [2.24, 2.45) is 0 Å². The summed E-state index contributed by atoms with van der Waals surface area (Å²) in [5.74, 6) is 0. The molecule has 0 amide bonds. The highest BCUT2D eigenvalue weighted by atomic mass is 35.5. The number of aromatic nitrogens is 1. The summed E-state index contributed by atoms with van der Waals surface area (Å²) < 4.78 is 6.97. The number of hydrogen-bond acceptors (Lipinski definition) is 3. The number of para-hydroxylation sites is 1. The predicted octanol–water partition coefficient (Wildman–Crippen LogP) is 4.02. The van der Waals surface area contributed by atoms with Gasteiger partial charge in [0, 0.05) is 13.0 Å². The SMILES string of the molecule is ClC(Cc1nc2ccccc2s1)C1CCCCO1. The molecule has 96 valence electrons. The van der Waals surface area contributed by atoms with Gasteiger partial charge in [0.25, 0.3) is 0 Å². The summed E-state index contributed by atoms with van der Waals surface area (Å²) in [5, 5.41) is 1.16. The van der Waals surface area contributed by atoms with Gasteiger partial charge in [-0.3, -0.25) is 0 Å². The molecule has 1 aliphatic rings. The van der Waals surface area contributed by atoms with Gasteiger partial charge in [0.1, 0.15) is 0 Å². The van der Waals surface area contributed by atoms with Crippen LogP contribution in [0.4, 0.5) is 0 Å². The van der Waals surface area contributed by atoms with Crippen LogP contribution in [0.3, 0.4) is 0 Å². The maximum Gasteiger partial charge on any atom is 0.0954 e. The molecule has 4 heteroatoms. The topological polar surface area (TPSA) is 22.1 Å². The molecule has 2 unspecified atom stereocenters. The molecule has 2 heterocycles. The van der Waals surface area contributed by atoms with Crippen LogP contribution >= 0.6 is 22.9 Å². The van der Waals surface area contributed by atoms with Gasteiger partial charge in [0.15, 0.2) is 0 Å². The summed E-state index contributed by atoms with van der Waals surface area (Å²) in [5.41, 5.74) is 1.07. The van der Waals surface area contributed by atoms with E-state index in [0.29, 0.717) is 0 Å². The van der Waals surface area contributed by atoms with E-state index in [0.717, 1.165) is 30.0 Å². The quantitative estimate of drug-likeness (QED) is 0.793. The van der Waals surface area contributed by atoms with E-state index in [9.17, 15) is 0 Å². The van der Waals surface area contributed by atoms with E-state index in [1.807, 2.05) is 12.1 Å². The lowest BCUT2D eigenvalue weighted by molar-refractivity contribution is 0.0140. The zero-order valence-corrected chi connectivity index (χ0v) is 11.7. The molecule has 3 rings (SSSR count). The lowest BCUT2D eigenvalue weighted by atomic mass is 10.0. The normalized spacial score (nSPS) is 22.2. The number of alkyl halides is 1. The van der Waals surface area contributed by atoms with Crippen molar-refractivity contribution in [1.29, 1.82) is 0 Å². The van der Waals surface area contributed by atoms with Crippen LogP contribution in [0.2, 0.25) is 0 Å². The highest BCUT2D eigenvalue weighted by molar-refractivity contribution is 7.18. The molecule has 0 bridgehead atoms. The molecule has 0 spiro atoms. The standard InChI is InChI=1S/C14H16ClNOS/c15-10(12-6-3-4-8-17-12)9-14-16-11-5-1-2-7-13(11)18-14/h1-2,5,7,10,12H,3-4,6,8-9H2. The largest absolute Gasteiger partial charge is 0.377 e. The van der Waals surface area contributed by atoms with Gasteiger partial charge in [-0.05, 0) is 31.4 Å². The number of fused-ring (bicyclic) bond motifs is 1. The second-order valence-corrected chi connectivity index (χ2v) is 6.38. The first-order chi connectivity index (χ1) is 8.83. The number of rotatable bonds is 3. The highest BCUT2D eigenvalue weighted by Crippen LogP contribution is 2.27. The van der Waals surface area contributed by atoms with Gasteiger partial charge in [0.05, 0.1) is 26.7 Å². The fraction of sp³-hybridized carbons (Fsp3) is 0.500. The Bertz CT molecular complexity index is 488. The molecular formula is C14H16ClNOS. The van der Waals surface area contributed by atoms with Crippen molar-refractivity contribution < 1.29 is 4.74 Å². The molecule has 1 fully saturated rings. The third-order valence-corrected chi connectivity index (χ3v) is 4.82. The van der Waals surface area contributed by atoms with E-state index in [4.69, 9.17) is 16.3 Å². The highest BCUT2D eigenvalue weighted by Gasteiger charge is 2.23. The van der Waals surface area contributed by atoms with E-state index < -0.39 is 0 Å².